The van der Waals surface area contributed by atoms with Crippen LogP contribution in [0.15, 0.2) is 18.2 Å². The summed E-state index contributed by atoms with van der Waals surface area (Å²) in [5.41, 5.74) is 0.776. The van der Waals surface area contributed by atoms with Gasteiger partial charge in [0.25, 0.3) is 0 Å². The van der Waals surface area contributed by atoms with E-state index in [2.05, 4.69) is 57.4 Å². The number of amides is 1. The van der Waals surface area contributed by atoms with E-state index in [1.54, 1.807) is 0 Å². The largest absolute Gasteiger partial charge is 0.449 e. The molecule has 0 aliphatic carbocycles. The zero-order chi connectivity index (χ0) is 12.0. The van der Waals surface area contributed by atoms with Gasteiger partial charge in [-0.05, 0) is 69.8 Å². The lowest BCUT2D eigenvalue weighted by Gasteiger charge is -2.07. The Morgan fingerprint density at radius 1 is 1.31 bits per heavy atom. The smallest absolute Gasteiger partial charge is 0.411 e. The Labute approximate surface area is 123 Å². The molecule has 1 rings (SSSR count). The van der Waals surface area contributed by atoms with Crippen LogP contribution in [-0.2, 0) is 4.74 Å². The standard InChI is InChI=1S/C11H13I2NO2/c1-2-3-4-16-11(15)14-10-6-8(12)5-9(13)7-10/h5-7H,2-4H2,1H3,(H,14,15). The summed E-state index contributed by atoms with van der Waals surface area (Å²) in [7, 11) is 0. The van der Waals surface area contributed by atoms with E-state index < -0.39 is 0 Å². The molecule has 1 aromatic carbocycles. The summed E-state index contributed by atoms with van der Waals surface area (Å²) in [4.78, 5) is 11.4. The average Bonchev–Trinajstić information content (AvgIpc) is 2.16. The topological polar surface area (TPSA) is 38.3 Å². The highest BCUT2D eigenvalue weighted by Crippen LogP contribution is 2.18. The second kappa shape index (κ2) is 7.31. The fourth-order valence-electron chi connectivity index (χ4n) is 1.09. The molecule has 0 atom stereocenters. The molecule has 0 fully saturated rings. The predicted molar refractivity (Wildman–Crippen MR) is 81.8 cm³/mol. The van der Waals surface area contributed by atoms with E-state index in [0.29, 0.717) is 6.61 Å². The summed E-state index contributed by atoms with van der Waals surface area (Å²) in [6.45, 7) is 2.53. The third-order valence-electron chi connectivity index (χ3n) is 1.84. The van der Waals surface area contributed by atoms with Crippen molar-refractivity contribution >= 4 is 57.0 Å². The molecule has 16 heavy (non-hydrogen) atoms. The number of rotatable bonds is 4. The Kier molecular flexibility index (Phi) is 6.40. The van der Waals surface area contributed by atoms with E-state index in [4.69, 9.17) is 4.74 Å². The second-order valence-corrected chi connectivity index (χ2v) is 5.76. The van der Waals surface area contributed by atoms with Crippen LogP contribution in [0.4, 0.5) is 10.5 Å². The summed E-state index contributed by atoms with van der Waals surface area (Å²) in [5.74, 6) is 0. The lowest BCUT2D eigenvalue weighted by Crippen LogP contribution is -2.14. The van der Waals surface area contributed by atoms with Gasteiger partial charge in [-0.3, -0.25) is 5.32 Å². The number of nitrogens with one attached hydrogen (secondary N) is 1. The van der Waals surface area contributed by atoms with E-state index in [9.17, 15) is 4.79 Å². The maximum atomic E-state index is 11.4. The summed E-state index contributed by atoms with van der Waals surface area (Å²) >= 11 is 4.43. The third kappa shape index (κ3) is 5.33. The average molecular weight is 445 g/mol. The molecule has 5 heteroatoms. The van der Waals surface area contributed by atoms with Gasteiger partial charge in [-0.2, -0.15) is 0 Å². The van der Waals surface area contributed by atoms with Crippen molar-refractivity contribution < 1.29 is 9.53 Å². The molecule has 0 radical (unpaired) electrons. The molecule has 0 bridgehead atoms. The van der Waals surface area contributed by atoms with Crippen LogP contribution in [0.3, 0.4) is 0 Å². The van der Waals surface area contributed by atoms with Gasteiger partial charge in [0.1, 0.15) is 0 Å². The SMILES string of the molecule is CCCCOC(=O)Nc1cc(I)cc(I)c1. The number of benzene rings is 1. The molecule has 1 aromatic rings. The number of anilines is 1. The van der Waals surface area contributed by atoms with Gasteiger partial charge in [-0.15, -0.1) is 0 Å². The molecule has 88 valence electrons. The lowest BCUT2D eigenvalue weighted by molar-refractivity contribution is 0.160. The van der Waals surface area contributed by atoms with Gasteiger partial charge >= 0.3 is 6.09 Å². The monoisotopic (exact) mass is 445 g/mol. The van der Waals surface area contributed by atoms with Crippen LogP contribution in [0.5, 0.6) is 0 Å². The Morgan fingerprint density at radius 3 is 2.50 bits per heavy atom. The number of carbonyl (C=O) groups excluding carboxylic acids is 1. The quantitative estimate of drug-likeness (QED) is 0.557. The maximum absolute atomic E-state index is 11.4. The Hall–Kier alpha value is -0.0500. The molecule has 3 nitrogen and oxygen atoms in total. The molecule has 1 N–H and O–H groups in total. The normalized spacial score (nSPS) is 9.94. The van der Waals surface area contributed by atoms with Crippen molar-refractivity contribution in [3.63, 3.8) is 0 Å². The summed E-state index contributed by atoms with van der Waals surface area (Å²) < 4.78 is 7.19. The molecule has 0 saturated heterocycles. The van der Waals surface area contributed by atoms with Gasteiger partial charge in [0.05, 0.1) is 6.61 Å². The molecule has 0 saturated carbocycles. The molecule has 0 aromatic heterocycles. The van der Waals surface area contributed by atoms with Crippen LogP contribution in [0.25, 0.3) is 0 Å². The van der Waals surface area contributed by atoms with Crippen LogP contribution in [0.1, 0.15) is 19.8 Å². The fourth-order valence-corrected chi connectivity index (χ4v) is 3.03. The zero-order valence-electron chi connectivity index (χ0n) is 8.93. The first kappa shape index (κ1) is 14.0. The molecule has 0 aliphatic heterocycles. The van der Waals surface area contributed by atoms with E-state index >= 15 is 0 Å². The van der Waals surface area contributed by atoms with E-state index in [1.807, 2.05) is 18.2 Å². The zero-order valence-corrected chi connectivity index (χ0v) is 13.2. The number of hydrogen-bond donors (Lipinski definition) is 1. The van der Waals surface area contributed by atoms with Crippen molar-refractivity contribution in [2.45, 2.75) is 19.8 Å². The van der Waals surface area contributed by atoms with Crippen molar-refractivity contribution in [1.29, 1.82) is 0 Å². The molecular weight excluding hydrogens is 432 g/mol. The Bertz CT molecular complexity index is 349. The highest BCUT2D eigenvalue weighted by atomic mass is 127. The molecule has 0 unspecified atom stereocenters. The molecule has 0 spiro atoms. The van der Waals surface area contributed by atoms with Crippen molar-refractivity contribution in [2.75, 3.05) is 11.9 Å². The lowest BCUT2D eigenvalue weighted by atomic mass is 10.3. The number of unbranched alkanes of at least 4 members (excludes halogenated alkanes) is 1. The molecule has 1 amide bonds. The van der Waals surface area contributed by atoms with Gasteiger partial charge in [0.2, 0.25) is 0 Å². The van der Waals surface area contributed by atoms with E-state index in [1.165, 1.54) is 0 Å². The summed E-state index contributed by atoms with van der Waals surface area (Å²) in [6, 6.07) is 5.85. The van der Waals surface area contributed by atoms with Gasteiger partial charge in [0.15, 0.2) is 0 Å². The summed E-state index contributed by atoms with van der Waals surface area (Å²) in [6.07, 6.45) is 1.54. The van der Waals surface area contributed by atoms with Gasteiger partial charge < -0.3 is 4.74 Å². The van der Waals surface area contributed by atoms with Gasteiger partial charge in [0, 0.05) is 12.8 Å². The second-order valence-electron chi connectivity index (χ2n) is 3.27. The van der Waals surface area contributed by atoms with Gasteiger partial charge in [-0.1, -0.05) is 13.3 Å². The highest BCUT2D eigenvalue weighted by Gasteiger charge is 2.04. The third-order valence-corrected chi connectivity index (χ3v) is 3.09. The first-order chi connectivity index (χ1) is 7.61. The van der Waals surface area contributed by atoms with Crippen LogP contribution >= 0.6 is 45.2 Å². The number of carbonyl (C=O) groups is 1. The van der Waals surface area contributed by atoms with Crippen molar-refractivity contribution in [1.82, 2.24) is 0 Å². The predicted octanol–water partition coefficient (Wildman–Crippen LogP) is 4.24. The Morgan fingerprint density at radius 2 is 1.94 bits per heavy atom. The number of hydrogen-bond acceptors (Lipinski definition) is 2. The number of ether oxygens (including phenoxy) is 1. The van der Waals surface area contributed by atoms with Crippen LogP contribution < -0.4 is 5.32 Å². The minimum atomic E-state index is -0.383. The van der Waals surface area contributed by atoms with E-state index in [-0.39, 0.29) is 6.09 Å². The minimum Gasteiger partial charge on any atom is -0.449 e. The highest BCUT2D eigenvalue weighted by molar-refractivity contribution is 14.1. The first-order valence-corrected chi connectivity index (χ1v) is 7.17. The first-order valence-electron chi connectivity index (χ1n) is 5.01. The van der Waals surface area contributed by atoms with Crippen LogP contribution in [0.2, 0.25) is 0 Å². The van der Waals surface area contributed by atoms with E-state index in [0.717, 1.165) is 25.7 Å². The van der Waals surface area contributed by atoms with Gasteiger partial charge in [-0.25, -0.2) is 4.79 Å². The molecule has 0 aliphatic rings. The molecule has 0 heterocycles. The maximum Gasteiger partial charge on any atom is 0.411 e. The molecular formula is C11H13I2NO2. The van der Waals surface area contributed by atoms with Crippen molar-refractivity contribution in [3.8, 4) is 0 Å². The number of halogens is 2. The Balaban J connectivity index is 2.49. The van der Waals surface area contributed by atoms with Crippen LogP contribution in [-0.4, -0.2) is 12.7 Å². The minimum absolute atomic E-state index is 0.383. The van der Waals surface area contributed by atoms with Crippen molar-refractivity contribution in [3.05, 3.63) is 25.3 Å². The van der Waals surface area contributed by atoms with Crippen LogP contribution in [0, 0.1) is 7.14 Å². The fraction of sp³-hybridized carbons (Fsp3) is 0.364. The van der Waals surface area contributed by atoms with Crippen molar-refractivity contribution in [2.24, 2.45) is 0 Å². The summed E-state index contributed by atoms with van der Waals surface area (Å²) in [5, 5.41) is 2.71.